The lowest BCUT2D eigenvalue weighted by Gasteiger charge is -2.14. The molecule has 134 valence electrons. The van der Waals surface area contributed by atoms with Crippen LogP contribution in [-0.4, -0.2) is 25.7 Å². The van der Waals surface area contributed by atoms with Crippen LogP contribution in [0.2, 0.25) is 5.02 Å². The van der Waals surface area contributed by atoms with Gasteiger partial charge < -0.3 is 20.5 Å². The molecule has 1 amide bonds. The summed E-state index contributed by atoms with van der Waals surface area (Å²) in [5.74, 6) is 0.597. The Morgan fingerprint density at radius 3 is 2.72 bits per heavy atom. The summed E-state index contributed by atoms with van der Waals surface area (Å²) < 4.78 is 10.9. The van der Waals surface area contributed by atoms with Crippen molar-refractivity contribution >= 4 is 23.2 Å². The van der Waals surface area contributed by atoms with Crippen molar-refractivity contribution in [3.05, 3.63) is 58.6 Å². The molecule has 0 aliphatic carbocycles. The largest absolute Gasteiger partial charge is 0.489 e. The molecule has 0 heterocycles. The van der Waals surface area contributed by atoms with Crippen LogP contribution in [0.1, 0.15) is 17.5 Å². The highest BCUT2D eigenvalue weighted by Gasteiger charge is 2.12. The highest BCUT2D eigenvalue weighted by molar-refractivity contribution is 6.30. The number of methoxy groups -OCH3 is 1. The number of benzene rings is 2. The van der Waals surface area contributed by atoms with Gasteiger partial charge in [0, 0.05) is 24.4 Å². The fraction of sp³-hybridized carbons (Fsp3) is 0.316. The van der Waals surface area contributed by atoms with Gasteiger partial charge in [0.05, 0.1) is 12.5 Å². The van der Waals surface area contributed by atoms with Crippen LogP contribution >= 0.6 is 11.6 Å². The van der Waals surface area contributed by atoms with Gasteiger partial charge >= 0.3 is 0 Å². The van der Waals surface area contributed by atoms with Gasteiger partial charge in [0.1, 0.15) is 12.4 Å². The molecular formula is C19H23ClN2O3. The van der Waals surface area contributed by atoms with E-state index in [1.54, 1.807) is 7.11 Å². The average molecular weight is 363 g/mol. The molecule has 1 atom stereocenters. The van der Waals surface area contributed by atoms with Gasteiger partial charge in [-0.1, -0.05) is 23.7 Å². The molecular weight excluding hydrogens is 340 g/mol. The Balaban J connectivity index is 1.94. The van der Waals surface area contributed by atoms with E-state index in [-0.39, 0.29) is 18.4 Å². The summed E-state index contributed by atoms with van der Waals surface area (Å²) in [6, 6.07) is 13.1. The van der Waals surface area contributed by atoms with Crippen molar-refractivity contribution in [2.75, 3.05) is 19.0 Å². The number of hydrogen-bond donors (Lipinski definition) is 2. The smallest absolute Gasteiger partial charge is 0.227 e. The van der Waals surface area contributed by atoms with Crippen LogP contribution in [0, 0.1) is 6.92 Å². The molecule has 2 aromatic rings. The first-order valence-corrected chi connectivity index (χ1v) is 8.40. The number of aryl methyl sites for hydroxylation is 1. The molecule has 3 N–H and O–H groups in total. The van der Waals surface area contributed by atoms with Crippen molar-refractivity contribution in [1.29, 1.82) is 0 Å². The van der Waals surface area contributed by atoms with Crippen LogP contribution in [0.15, 0.2) is 42.5 Å². The summed E-state index contributed by atoms with van der Waals surface area (Å²) >= 11 is 5.97. The molecule has 0 bridgehead atoms. The van der Waals surface area contributed by atoms with E-state index < -0.39 is 0 Å². The quantitative estimate of drug-likeness (QED) is 0.753. The van der Waals surface area contributed by atoms with Gasteiger partial charge in [-0.15, -0.1) is 0 Å². The predicted molar refractivity (Wildman–Crippen MR) is 100 cm³/mol. The molecule has 2 rings (SSSR count). The Labute approximate surface area is 153 Å². The number of ether oxygens (including phenoxy) is 2. The molecule has 1 unspecified atom stereocenters. The summed E-state index contributed by atoms with van der Waals surface area (Å²) in [5.41, 5.74) is 8.19. The van der Waals surface area contributed by atoms with E-state index in [1.165, 1.54) is 0 Å². The minimum Gasteiger partial charge on any atom is -0.489 e. The number of halogens is 1. The van der Waals surface area contributed by atoms with Crippen LogP contribution in [-0.2, 0) is 16.1 Å². The van der Waals surface area contributed by atoms with Crippen LogP contribution < -0.4 is 15.8 Å². The van der Waals surface area contributed by atoms with Crippen molar-refractivity contribution in [3.63, 3.8) is 0 Å². The summed E-state index contributed by atoms with van der Waals surface area (Å²) in [7, 11) is 1.54. The van der Waals surface area contributed by atoms with Crippen LogP contribution in [0.25, 0.3) is 0 Å². The second-order valence-electron chi connectivity index (χ2n) is 5.74. The number of nitrogens with one attached hydrogen (secondary N) is 1. The number of carbonyl (C=O) groups excluding carboxylic acids is 1. The fourth-order valence-corrected chi connectivity index (χ4v) is 2.54. The minimum atomic E-state index is -0.277. The third kappa shape index (κ3) is 6.05. The van der Waals surface area contributed by atoms with Gasteiger partial charge in [-0.3, -0.25) is 4.79 Å². The Bertz CT molecular complexity index is 718. The van der Waals surface area contributed by atoms with Crippen molar-refractivity contribution in [2.24, 2.45) is 5.73 Å². The molecule has 0 aliphatic heterocycles. The fourth-order valence-electron chi connectivity index (χ4n) is 2.33. The van der Waals surface area contributed by atoms with Gasteiger partial charge in [-0.2, -0.15) is 0 Å². The second kappa shape index (κ2) is 9.42. The van der Waals surface area contributed by atoms with E-state index in [1.807, 2.05) is 49.4 Å². The van der Waals surface area contributed by atoms with Crippen LogP contribution in [0.5, 0.6) is 5.75 Å². The standard InChI is InChI=1S/C19H23ClN2O3/c1-13-8-16(25-12-14-4-3-5-15(20)9-14)6-7-18(13)22-19(23)10-17(11-21)24-2/h3-9,17H,10-12,21H2,1-2H3,(H,22,23). The lowest BCUT2D eigenvalue weighted by molar-refractivity contribution is -0.118. The number of rotatable bonds is 8. The highest BCUT2D eigenvalue weighted by Crippen LogP contribution is 2.23. The Morgan fingerprint density at radius 1 is 1.28 bits per heavy atom. The topological polar surface area (TPSA) is 73.6 Å². The molecule has 0 radical (unpaired) electrons. The molecule has 0 saturated heterocycles. The first kappa shape index (κ1) is 19.2. The third-order valence-electron chi connectivity index (χ3n) is 3.78. The van der Waals surface area contributed by atoms with E-state index in [4.69, 9.17) is 26.8 Å². The molecule has 0 saturated carbocycles. The zero-order chi connectivity index (χ0) is 18.2. The lowest BCUT2D eigenvalue weighted by atomic mass is 10.1. The molecule has 2 aromatic carbocycles. The number of nitrogens with two attached hydrogens (primary N) is 1. The number of carbonyl (C=O) groups is 1. The summed E-state index contributed by atoms with van der Waals surface area (Å²) in [6.45, 7) is 2.65. The van der Waals surface area contributed by atoms with Crippen LogP contribution in [0.3, 0.4) is 0 Å². The summed E-state index contributed by atoms with van der Waals surface area (Å²) in [5, 5.41) is 3.55. The maximum Gasteiger partial charge on any atom is 0.227 e. The second-order valence-corrected chi connectivity index (χ2v) is 6.18. The summed E-state index contributed by atoms with van der Waals surface area (Å²) in [4.78, 5) is 12.0. The molecule has 0 aliphatic rings. The van der Waals surface area contributed by atoms with Gasteiger partial charge in [0.15, 0.2) is 0 Å². The maximum absolute atomic E-state index is 12.0. The molecule has 25 heavy (non-hydrogen) atoms. The third-order valence-corrected chi connectivity index (χ3v) is 4.01. The molecule has 0 fully saturated rings. The SMILES string of the molecule is COC(CN)CC(=O)Nc1ccc(OCc2cccc(Cl)c2)cc1C. The van der Waals surface area contributed by atoms with Crippen LogP contribution in [0.4, 0.5) is 5.69 Å². The Hall–Kier alpha value is -2.08. The molecule has 6 heteroatoms. The zero-order valence-electron chi connectivity index (χ0n) is 14.4. The van der Waals surface area contributed by atoms with Crippen molar-refractivity contribution < 1.29 is 14.3 Å². The zero-order valence-corrected chi connectivity index (χ0v) is 15.2. The molecule has 0 aromatic heterocycles. The first-order chi connectivity index (χ1) is 12.0. The van der Waals surface area contributed by atoms with Crippen molar-refractivity contribution in [3.8, 4) is 5.75 Å². The minimum absolute atomic E-state index is 0.131. The van der Waals surface area contributed by atoms with E-state index in [2.05, 4.69) is 5.32 Å². The maximum atomic E-state index is 12.0. The van der Waals surface area contributed by atoms with Crippen molar-refractivity contribution in [2.45, 2.75) is 26.1 Å². The first-order valence-electron chi connectivity index (χ1n) is 8.02. The molecule has 0 spiro atoms. The van der Waals surface area contributed by atoms with Gasteiger partial charge in [0.25, 0.3) is 0 Å². The normalized spacial score (nSPS) is 11.8. The number of amides is 1. The Morgan fingerprint density at radius 2 is 2.08 bits per heavy atom. The van der Waals surface area contributed by atoms with E-state index in [0.717, 1.165) is 22.6 Å². The molecule has 5 nitrogen and oxygen atoms in total. The van der Waals surface area contributed by atoms with Crippen molar-refractivity contribution in [1.82, 2.24) is 0 Å². The van der Waals surface area contributed by atoms with E-state index in [9.17, 15) is 4.79 Å². The van der Waals surface area contributed by atoms with Gasteiger partial charge in [0.2, 0.25) is 5.91 Å². The number of anilines is 1. The summed E-state index contributed by atoms with van der Waals surface area (Å²) in [6.07, 6.45) is -0.0555. The Kier molecular flexibility index (Phi) is 7.25. The lowest BCUT2D eigenvalue weighted by Crippen LogP contribution is -2.28. The van der Waals surface area contributed by atoms with Gasteiger partial charge in [-0.25, -0.2) is 0 Å². The predicted octanol–water partition coefficient (Wildman–Crippen LogP) is 3.53. The van der Waals surface area contributed by atoms with Gasteiger partial charge in [-0.05, 0) is 48.4 Å². The number of hydrogen-bond acceptors (Lipinski definition) is 4. The highest BCUT2D eigenvalue weighted by atomic mass is 35.5. The monoisotopic (exact) mass is 362 g/mol. The average Bonchev–Trinajstić information content (AvgIpc) is 2.60. The van der Waals surface area contributed by atoms with E-state index >= 15 is 0 Å². The van der Waals surface area contributed by atoms with E-state index in [0.29, 0.717) is 18.2 Å².